The van der Waals surface area contributed by atoms with E-state index in [0.29, 0.717) is 54.4 Å². The van der Waals surface area contributed by atoms with Crippen molar-refractivity contribution in [1.82, 2.24) is 0 Å². The second-order valence-electron chi connectivity index (χ2n) is 7.83. The first kappa shape index (κ1) is 26.8. The van der Waals surface area contributed by atoms with E-state index >= 15 is 0 Å². The van der Waals surface area contributed by atoms with Gasteiger partial charge in [-0.25, -0.2) is 4.79 Å². The summed E-state index contributed by atoms with van der Waals surface area (Å²) in [6, 6.07) is 4.83. The smallest absolute Gasteiger partial charge is 0.375 e. The monoisotopic (exact) mass is 593 g/mol. The van der Waals surface area contributed by atoms with E-state index in [-0.39, 0.29) is 19.5 Å². The number of rotatable bonds is 9. The zero-order valence-electron chi connectivity index (χ0n) is 18.7. The van der Waals surface area contributed by atoms with Gasteiger partial charge in [0.05, 0.1) is 27.6 Å². The van der Waals surface area contributed by atoms with E-state index in [2.05, 4.69) is 0 Å². The molecule has 3 aromatic rings. The molecule has 0 atom stereocenters. The van der Waals surface area contributed by atoms with Crippen molar-refractivity contribution in [3.05, 3.63) is 56.0 Å². The maximum Gasteiger partial charge on any atom is 0.375 e. The molecule has 1 aliphatic heterocycles. The van der Waals surface area contributed by atoms with Crippen molar-refractivity contribution in [3.63, 3.8) is 0 Å². The first-order valence-corrected chi connectivity index (χ1v) is 14.2. The lowest BCUT2D eigenvalue weighted by Crippen LogP contribution is -2.39. The van der Waals surface area contributed by atoms with Gasteiger partial charge in [0.25, 0.3) is 20.5 Å². The van der Waals surface area contributed by atoms with Crippen molar-refractivity contribution in [2.45, 2.75) is 26.3 Å². The van der Waals surface area contributed by atoms with Crippen molar-refractivity contribution in [1.29, 1.82) is 0 Å². The molecule has 0 saturated carbocycles. The molecular formula is C22H20Cl3N2O7S2+. The number of hydrogen-bond acceptors (Lipinski definition) is 7. The molecule has 0 unspecified atom stereocenters. The summed E-state index contributed by atoms with van der Waals surface area (Å²) < 4.78 is 45.5. The summed E-state index contributed by atoms with van der Waals surface area (Å²) in [5, 5.41) is 9.98. The zero-order valence-corrected chi connectivity index (χ0v) is 22.6. The first-order valence-electron chi connectivity index (χ1n) is 10.6. The Morgan fingerprint density at radius 3 is 2.61 bits per heavy atom. The van der Waals surface area contributed by atoms with Gasteiger partial charge in [-0.05, 0) is 24.5 Å². The molecule has 192 valence electrons. The lowest BCUT2D eigenvalue weighted by Gasteiger charge is -2.18. The van der Waals surface area contributed by atoms with E-state index in [0.717, 1.165) is 5.57 Å². The fourth-order valence-corrected chi connectivity index (χ4v) is 5.54. The van der Waals surface area contributed by atoms with Crippen molar-refractivity contribution in [2.75, 3.05) is 17.2 Å². The van der Waals surface area contributed by atoms with Gasteiger partial charge in [0.2, 0.25) is 12.4 Å². The Morgan fingerprint density at radius 1 is 1.22 bits per heavy atom. The molecule has 0 saturated heterocycles. The Hall–Kier alpha value is -2.28. The summed E-state index contributed by atoms with van der Waals surface area (Å²) in [5.74, 6) is -0.321. The predicted molar refractivity (Wildman–Crippen MR) is 139 cm³/mol. The van der Waals surface area contributed by atoms with Crippen molar-refractivity contribution >= 4 is 84.4 Å². The van der Waals surface area contributed by atoms with Crippen molar-refractivity contribution < 1.29 is 36.6 Å². The van der Waals surface area contributed by atoms with Gasteiger partial charge in [-0.3, -0.25) is 4.55 Å². The third kappa shape index (κ3) is 5.99. The summed E-state index contributed by atoms with van der Waals surface area (Å²) in [5.41, 5.74) is 1.90. The van der Waals surface area contributed by atoms with Gasteiger partial charge in [0.15, 0.2) is 5.75 Å². The highest BCUT2D eigenvalue weighted by molar-refractivity contribution is 7.85. The summed E-state index contributed by atoms with van der Waals surface area (Å²) in [6.45, 7) is 1.80. The van der Waals surface area contributed by atoms with Gasteiger partial charge in [-0.15, -0.1) is 4.57 Å². The Labute approximate surface area is 225 Å². The number of oxazole rings is 1. The Kier molecular flexibility index (Phi) is 7.89. The average molecular weight is 595 g/mol. The number of allylic oxidation sites excluding steroid dienone is 2. The van der Waals surface area contributed by atoms with Crippen LogP contribution in [0.25, 0.3) is 16.5 Å². The molecule has 1 aliphatic rings. The zero-order chi connectivity index (χ0) is 26.2. The van der Waals surface area contributed by atoms with Crippen LogP contribution in [0.2, 0.25) is 14.4 Å². The molecular weight excluding hydrogens is 575 g/mol. The fraction of sp³-hybridized carbons (Fsp3) is 0.273. The van der Waals surface area contributed by atoms with E-state index in [4.69, 9.17) is 48.5 Å². The number of nitrogens with zero attached hydrogens (tertiary/aromatic N) is 2. The number of aliphatic carboxylic acids is 1. The molecule has 0 amide bonds. The Bertz CT molecular complexity index is 1510. The number of carbonyl (C=O) groups is 1. The molecule has 3 heterocycles. The molecule has 0 fully saturated rings. The number of carboxylic acid groups (broad SMARTS) is 1. The topological polar surface area (TPSA) is 121 Å². The number of fused-ring (bicyclic) bond motifs is 2. The SMILES string of the molecule is CCC(=Cc1oc2sc(Cl)cc2[n+]1CC(=O)O)C=C1Oc2cc(Cl)c(Cl)cc2N1CCCS(=O)(=O)O. The highest BCUT2D eigenvalue weighted by atomic mass is 35.5. The predicted octanol–water partition coefficient (Wildman–Crippen LogP) is 5.64. The second-order valence-corrected chi connectivity index (χ2v) is 11.9. The number of benzene rings is 1. The summed E-state index contributed by atoms with van der Waals surface area (Å²) in [6.07, 6.45) is 4.10. The minimum atomic E-state index is -4.14. The fourth-order valence-electron chi connectivity index (χ4n) is 3.68. The number of halogens is 3. The van der Waals surface area contributed by atoms with E-state index < -0.39 is 21.8 Å². The number of carboxylic acids is 1. The van der Waals surface area contributed by atoms with Gasteiger partial charge in [-0.2, -0.15) is 8.42 Å². The van der Waals surface area contributed by atoms with Crippen LogP contribution in [-0.4, -0.2) is 36.3 Å². The van der Waals surface area contributed by atoms with Gasteiger partial charge >= 0.3 is 11.9 Å². The van der Waals surface area contributed by atoms with Crippen LogP contribution in [0.1, 0.15) is 25.7 Å². The molecule has 36 heavy (non-hydrogen) atoms. The summed E-state index contributed by atoms with van der Waals surface area (Å²) in [7, 11) is -4.14. The molecule has 0 bridgehead atoms. The number of ether oxygens (including phenoxy) is 1. The molecule has 2 N–H and O–H groups in total. The largest absolute Gasteiger partial charge is 0.477 e. The molecule has 4 rings (SSSR count). The third-order valence-corrected chi connectivity index (χ3v) is 7.94. The summed E-state index contributed by atoms with van der Waals surface area (Å²) >= 11 is 19.6. The van der Waals surface area contributed by atoms with E-state index in [9.17, 15) is 18.3 Å². The Morgan fingerprint density at radius 2 is 1.94 bits per heavy atom. The van der Waals surface area contributed by atoms with E-state index in [1.165, 1.54) is 15.9 Å². The average Bonchev–Trinajstić information content (AvgIpc) is 3.39. The molecule has 0 aliphatic carbocycles. The third-order valence-electron chi connectivity index (χ3n) is 5.28. The van der Waals surface area contributed by atoms with Crippen molar-refractivity contribution in [2.24, 2.45) is 0 Å². The summed E-state index contributed by atoms with van der Waals surface area (Å²) in [4.78, 5) is 13.7. The van der Waals surface area contributed by atoms with Gasteiger partial charge in [0, 0.05) is 24.8 Å². The molecule has 0 spiro atoms. The van der Waals surface area contributed by atoms with Crippen LogP contribution in [0.5, 0.6) is 5.75 Å². The number of thiophene rings is 1. The van der Waals surface area contributed by atoms with Crippen LogP contribution in [-0.2, 0) is 21.5 Å². The highest BCUT2D eigenvalue weighted by Gasteiger charge is 2.29. The standard InChI is InChI=1S/C22H19Cl3N2O7S2/c1-2-12(7-20-27(11-21(28)29)16-10-18(25)35-22(16)34-20)6-19-26(4-3-5-36(30,31)32)15-8-13(23)14(24)9-17(15)33-19/h6-10H,2-5,11H2,1H3,(H-,28,29,30,31,32)/p+1. The molecule has 2 aromatic heterocycles. The number of hydrogen-bond donors (Lipinski definition) is 2. The molecule has 9 nitrogen and oxygen atoms in total. The van der Waals surface area contributed by atoms with Crippen LogP contribution < -0.4 is 14.2 Å². The van der Waals surface area contributed by atoms with E-state index in [1.807, 2.05) is 6.92 Å². The maximum atomic E-state index is 11.5. The minimum Gasteiger partial charge on any atom is -0.477 e. The number of anilines is 1. The van der Waals surface area contributed by atoms with Crippen LogP contribution in [0.15, 0.2) is 40.1 Å². The maximum absolute atomic E-state index is 11.5. The number of aromatic nitrogens is 1. The lowest BCUT2D eigenvalue weighted by molar-refractivity contribution is -0.666. The lowest BCUT2D eigenvalue weighted by atomic mass is 10.1. The van der Waals surface area contributed by atoms with Gasteiger partial charge < -0.3 is 19.2 Å². The quantitative estimate of drug-likeness (QED) is 0.241. The van der Waals surface area contributed by atoms with Crippen LogP contribution >= 0.6 is 46.1 Å². The van der Waals surface area contributed by atoms with Crippen molar-refractivity contribution in [3.8, 4) is 5.75 Å². The molecule has 1 aromatic carbocycles. The normalized spacial score (nSPS) is 15.1. The first-order chi connectivity index (χ1) is 16.9. The highest BCUT2D eigenvalue weighted by Crippen LogP contribution is 2.44. The van der Waals surface area contributed by atoms with Crippen LogP contribution in [0.4, 0.5) is 5.69 Å². The second kappa shape index (κ2) is 10.6. The molecule has 14 heteroatoms. The van der Waals surface area contributed by atoms with Gasteiger partial charge in [-0.1, -0.05) is 53.1 Å². The molecule has 0 radical (unpaired) electrons. The minimum absolute atomic E-state index is 0.123. The van der Waals surface area contributed by atoms with E-state index in [1.54, 1.807) is 35.3 Å². The van der Waals surface area contributed by atoms with Crippen LogP contribution in [0.3, 0.4) is 0 Å². The van der Waals surface area contributed by atoms with Gasteiger partial charge in [0.1, 0.15) is 4.34 Å². The Balaban J connectivity index is 1.73. The van der Waals surface area contributed by atoms with Crippen LogP contribution in [0, 0.1) is 0 Å².